The third-order valence-electron chi connectivity index (χ3n) is 5.56. The van der Waals surface area contributed by atoms with E-state index in [1.54, 1.807) is 44.7 Å². The number of carbonyl (C=O) groups excluding carboxylic acids is 2. The van der Waals surface area contributed by atoms with Crippen LogP contribution in [0.15, 0.2) is 60.3 Å². The fourth-order valence-corrected chi connectivity index (χ4v) is 4.04. The molecule has 160 valence electrons. The lowest BCUT2D eigenvalue weighted by molar-refractivity contribution is -0.140. The molecule has 31 heavy (non-hydrogen) atoms. The number of aromatic amines is 1. The summed E-state index contributed by atoms with van der Waals surface area (Å²) >= 11 is 0. The number of likely N-dealkylation sites (tertiary alicyclic amines) is 1. The number of benzene rings is 2. The monoisotopic (exact) mass is 420 g/mol. The fraction of sp³-hybridized carbons (Fsp3) is 0.250. The predicted molar refractivity (Wildman–Crippen MR) is 117 cm³/mol. The van der Waals surface area contributed by atoms with Crippen molar-refractivity contribution >= 4 is 28.4 Å². The van der Waals surface area contributed by atoms with Gasteiger partial charge in [-0.15, -0.1) is 0 Å². The van der Waals surface area contributed by atoms with Crippen molar-refractivity contribution in [1.82, 2.24) is 9.88 Å². The molecule has 1 aliphatic heterocycles. The maximum absolute atomic E-state index is 13.1. The predicted octanol–water partition coefficient (Wildman–Crippen LogP) is 3.63. The van der Waals surface area contributed by atoms with Gasteiger partial charge in [0.15, 0.2) is 0 Å². The number of hydrogen-bond acceptors (Lipinski definition) is 5. The molecule has 7 heteroatoms. The molecule has 0 spiro atoms. The van der Waals surface area contributed by atoms with Gasteiger partial charge in [0.1, 0.15) is 11.5 Å². The Balaban J connectivity index is 1.85. The number of aromatic nitrogens is 1. The average molecular weight is 420 g/mol. The summed E-state index contributed by atoms with van der Waals surface area (Å²) in [5.74, 6) is -0.845. The zero-order valence-electron chi connectivity index (χ0n) is 17.4. The molecule has 4 rings (SSSR count). The maximum Gasteiger partial charge on any atom is 0.295 e. The van der Waals surface area contributed by atoms with Crippen LogP contribution >= 0.6 is 0 Å². The highest BCUT2D eigenvalue weighted by molar-refractivity contribution is 6.46. The van der Waals surface area contributed by atoms with Crippen LogP contribution in [0.5, 0.6) is 5.75 Å². The van der Waals surface area contributed by atoms with Crippen LogP contribution in [0.1, 0.15) is 23.6 Å². The van der Waals surface area contributed by atoms with Gasteiger partial charge in [0.25, 0.3) is 11.7 Å². The second kappa shape index (κ2) is 8.65. The Labute approximate surface area is 179 Å². The van der Waals surface area contributed by atoms with Crippen molar-refractivity contribution in [2.45, 2.75) is 12.5 Å². The van der Waals surface area contributed by atoms with Crippen LogP contribution in [-0.2, 0) is 14.3 Å². The van der Waals surface area contributed by atoms with E-state index < -0.39 is 17.7 Å². The van der Waals surface area contributed by atoms with E-state index in [0.29, 0.717) is 30.9 Å². The number of aliphatic hydroxyl groups excluding tert-OH is 1. The first kappa shape index (κ1) is 20.7. The van der Waals surface area contributed by atoms with Crippen LogP contribution in [0.25, 0.3) is 16.7 Å². The molecule has 2 N–H and O–H groups in total. The SMILES string of the molecule is COCCCN1C(=O)C(=O)/C(=C(\O)c2c[nH]c3ccccc23)C1c1ccc(OC)cc1. The van der Waals surface area contributed by atoms with Crippen molar-refractivity contribution in [2.75, 3.05) is 27.4 Å². The molecule has 1 atom stereocenters. The summed E-state index contributed by atoms with van der Waals surface area (Å²) in [5.41, 5.74) is 2.12. The number of aliphatic hydroxyl groups is 1. The largest absolute Gasteiger partial charge is 0.507 e. The molecular formula is C24H24N2O5. The Hall–Kier alpha value is -3.58. The number of amides is 1. The number of fused-ring (bicyclic) bond motifs is 1. The van der Waals surface area contributed by atoms with Gasteiger partial charge in [-0.2, -0.15) is 0 Å². The highest BCUT2D eigenvalue weighted by atomic mass is 16.5. The zero-order valence-corrected chi connectivity index (χ0v) is 17.4. The minimum atomic E-state index is -0.698. The molecule has 0 aliphatic carbocycles. The highest BCUT2D eigenvalue weighted by Gasteiger charge is 2.46. The summed E-state index contributed by atoms with van der Waals surface area (Å²) in [6.07, 6.45) is 2.23. The Bertz CT molecular complexity index is 1150. The fourth-order valence-electron chi connectivity index (χ4n) is 4.04. The third kappa shape index (κ3) is 3.68. The van der Waals surface area contributed by atoms with Crippen molar-refractivity contribution in [3.8, 4) is 5.75 Å². The normalized spacial score (nSPS) is 18.1. The van der Waals surface area contributed by atoms with Gasteiger partial charge in [-0.25, -0.2) is 0 Å². The maximum atomic E-state index is 13.1. The topological polar surface area (TPSA) is 91.9 Å². The molecular weight excluding hydrogens is 396 g/mol. The molecule has 1 fully saturated rings. The van der Waals surface area contributed by atoms with Crippen molar-refractivity contribution in [3.63, 3.8) is 0 Å². The first-order chi connectivity index (χ1) is 15.1. The molecule has 1 saturated heterocycles. The lowest BCUT2D eigenvalue weighted by Crippen LogP contribution is -2.31. The molecule has 2 aromatic carbocycles. The number of rotatable bonds is 7. The third-order valence-corrected chi connectivity index (χ3v) is 5.56. The van der Waals surface area contributed by atoms with Crippen molar-refractivity contribution in [3.05, 3.63) is 71.4 Å². The Morgan fingerprint density at radius 2 is 1.84 bits per heavy atom. The van der Waals surface area contributed by atoms with Crippen LogP contribution in [0.3, 0.4) is 0 Å². The van der Waals surface area contributed by atoms with Crippen LogP contribution in [0.4, 0.5) is 0 Å². The molecule has 7 nitrogen and oxygen atoms in total. The number of hydrogen-bond donors (Lipinski definition) is 2. The number of H-pyrrole nitrogens is 1. The van der Waals surface area contributed by atoms with Crippen LogP contribution in [0.2, 0.25) is 0 Å². The number of ketones is 1. The molecule has 3 aromatic rings. The molecule has 1 unspecified atom stereocenters. The average Bonchev–Trinajstić information content (AvgIpc) is 3.33. The van der Waals surface area contributed by atoms with E-state index in [1.807, 2.05) is 24.3 Å². The molecule has 0 radical (unpaired) electrons. The summed E-state index contributed by atoms with van der Waals surface area (Å²) in [6.45, 7) is 0.792. The van der Waals surface area contributed by atoms with Crippen molar-refractivity contribution in [1.29, 1.82) is 0 Å². The zero-order chi connectivity index (χ0) is 22.0. The number of Topliss-reactive ketones (excluding diaryl/α,β-unsaturated/α-hetero) is 1. The lowest BCUT2D eigenvalue weighted by atomic mass is 9.95. The summed E-state index contributed by atoms with van der Waals surface area (Å²) in [6, 6.07) is 14.0. The highest BCUT2D eigenvalue weighted by Crippen LogP contribution is 2.40. The standard InChI is InChI=1S/C24H24N2O5/c1-30-13-5-12-26-21(15-8-10-16(31-2)11-9-15)20(23(28)24(26)29)22(27)18-14-25-19-7-4-3-6-17(18)19/h3-4,6-11,14,21,25,27H,5,12-13H2,1-2H3/b22-20-. The Morgan fingerprint density at radius 1 is 1.10 bits per heavy atom. The van der Waals surface area contributed by atoms with Gasteiger partial charge in [0.2, 0.25) is 0 Å². The second-order valence-corrected chi connectivity index (χ2v) is 7.36. The molecule has 1 aromatic heterocycles. The first-order valence-corrected chi connectivity index (χ1v) is 10.0. The van der Waals surface area contributed by atoms with Gasteiger partial charge < -0.3 is 24.5 Å². The molecule has 1 amide bonds. The van der Waals surface area contributed by atoms with Crippen LogP contribution in [-0.4, -0.2) is 54.1 Å². The number of ether oxygens (including phenoxy) is 2. The smallest absolute Gasteiger partial charge is 0.295 e. The number of methoxy groups -OCH3 is 2. The number of nitrogens with one attached hydrogen (secondary N) is 1. The second-order valence-electron chi connectivity index (χ2n) is 7.36. The minimum Gasteiger partial charge on any atom is -0.507 e. The van der Waals surface area contributed by atoms with Crippen LogP contribution < -0.4 is 4.74 Å². The van der Waals surface area contributed by atoms with Crippen molar-refractivity contribution < 1.29 is 24.2 Å². The van der Waals surface area contributed by atoms with Gasteiger partial charge in [0, 0.05) is 42.9 Å². The summed E-state index contributed by atoms with van der Waals surface area (Å²) in [5, 5.41) is 12.0. The van der Waals surface area contributed by atoms with E-state index in [2.05, 4.69) is 4.98 Å². The van der Waals surface area contributed by atoms with E-state index in [1.165, 1.54) is 4.90 Å². The number of nitrogens with zero attached hydrogens (tertiary/aromatic N) is 1. The summed E-state index contributed by atoms with van der Waals surface area (Å²) < 4.78 is 10.3. The van der Waals surface area contributed by atoms with Gasteiger partial charge in [-0.1, -0.05) is 30.3 Å². The molecule has 0 bridgehead atoms. The number of carbonyl (C=O) groups is 2. The Morgan fingerprint density at radius 3 is 2.55 bits per heavy atom. The quantitative estimate of drug-likeness (QED) is 0.264. The summed E-state index contributed by atoms with van der Waals surface area (Å²) in [7, 11) is 3.16. The van der Waals surface area contributed by atoms with E-state index >= 15 is 0 Å². The van der Waals surface area contributed by atoms with E-state index in [-0.39, 0.29) is 11.3 Å². The van der Waals surface area contributed by atoms with E-state index in [0.717, 1.165) is 16.5 Å². The molecule has 1 aliphatic rings. The van der Waals surface area contributed by atoms with Crippen molar-refractivity contribution in [2.24, 2.45) is 0 Å². The van der Waals surface area contributed by atoms with Gasteiger partial charge in [0.05, 0.1) is 18.7 Å². The molecule has 2 heterocycles. The van der Waals surface area contributed by atoms with Gasteiger partial charge in [-0.3, -0.25) is 9.59 Å². The van der Waals surface area contributed by atoms with E-state index in [9.17, 15) is 14.7 Å². The van der Waals surface area contributed by atoms with Gasteiger partial charge >= 0.3 is 0 Å². The van der Waals surface area contributed by atoms with Crippen LogP contribution in [0, 0.1) is 0 Å². The summed E-state index contributed by atoms with van der Waals surface area (Å²) in [4.78, 5) is 30.6. The van der Waals surface area contributed by atoms with E-state index in [4.69, 9.17) is 9.47 Å². The first-order valence-electron chi connectivity index (χ1n) is 10.0. The number of para-hydroxylation sites is 1. The minimum absolute atomic E-state index is 0.0809. The Kier molecular flexibility index (Phi) is 5.77. The lowest BCUT2D eigenvalue weighted by Gasteiger charge is -2.25. The molecule has 0 saturated carbocycles. The van der Waals surface area contributed by atoms with Gasteiger partial charge in [-0.05, 0) is 30.2 Å².